The molecule has 0 amide bonds. The molecule has 1 aromatic heterocycles. The molecule has 4 rings (SSSR count). The summed E-state index contributed by atoms with van der Waals surface area (Å²) in [5.74, 6) is -0.381. The first-order chi connectivity index (χ1) is 14.2. The van der Waals surface area contributed by atoms with E-state index in [4.69, 9.17) is 23.0 Å². The van der Waals surface area contributed by atoms with Gasteiger partial charge in [-0.2, -0.15) is 0 Å². The SMILES string of the molecule is CC(C)OC(=O)CCCO[P@]1(=O)OC[C@]23C(O1)[C@H]2O[C@@H](n1ccc(=O)[nH]c1=O)[C@@H]3O. The van der Waals surface area contributed by atoms with E-state index in [1.54, 1.807) is 13.8 Å². The highest BCUT2D eigenvalue weighted by Crippen LogP contribution is 2.72. The summed E-state index contributed by atoms with van der Waals surface area (Å²) >= 11 is 0. The number of hydrogen-bond acceptors (Lipinski definition) is 10. The maximum atomic E-state index is 12.7. The van der Waals surface area contributed by atoms with E-state index in [0.717, 1.165) is 10.6 Å². The predicted octanol–water partition coefficient (Wildman–Crippen LogP) is 0.0668. The summed E-state index contributed by atoms with van der Waals surface area (Å²) in [7, 11) is -3.87. The van der Waals surface area contributed by atoms with E-state index < -0.39 is 49.0 Å². The molecule has 0 aromatic carbocycles. The number of ether oxygens (including phenoxy) is 2. The summed E-state index contributed by atoms with van der Waals surface area (Å²) in [5.41, 5.74) is -2.26. The van der Waals surface area contributed by atoms with Crippen molar-refractivity contribution < 1.29 is 37.5 Å². The first-order valence-corrected chi connectivity index (χ1v) is 11.0. The molecule has 0 bridgehead atoms. The lowest BCUT2D eigenvalue weighted by molar-refractivity contribution is -0.147. The van der Waals surface area contributed by atoms with Crippen LogP contribution < -0.4 is 11.2 Å². The molecule has 3 fully saturated rings. The molecular weight excluding hydrogens is 423 g/mol. The van der Waals surface area contributed by atoms with Gasteiger partial charge in [-0.1, -0.05) is 0 Å². The van der Waals surface area contributed by atoms with Gasteiger partial charge >= 0.3 is 19.5 Å². The van der Waals surface area contributed by atoms with Crippen molar-refractivity contribution in [3.8, 4) is 0 Å². The van der Waals surface area contributed by atoms with Crippen LogP contribution in [0.4, 0.5) is 0 Å². The third-order valence-corrected chi connectivity index (χ3v) is 6.74. The zero-order chi connectivity index (χ0) is 21.7. The lowest BCUT2D eigenvalue weighted by Crippen LogP contribution is -2.42. The van der Waals surface area contributed by atoms with Crippen LogP contribution in [-0.2, 0) is 32.4 Å². The highest BCUT2D eigenvalue weighted by Gasteiger charge is 2.81. The van der Waals surface area contributed by atoms with Crippen molar-refractivity contribution in [2.45, 2.75) is 57.3 Å². The van der Waals surface area contributed by atoms with Crippen molar-refractivity contribution in [3.63, 3.8) is 0 Å². The summed E-state index contributed by atoms with van der Waals surface area (Å²) in [6.07, 6.45) is -2.18. The van der Waals surface area contributed by atoms with Crippen molar-refractivity contribution in [1.29, 1.82) is 0 Å². The van der Waals surface area contributed by atoms with Gasteiger partial charge in [0.25, 0.3) is 5.56 Å². The average Bonchev–Trinajstić information content (AvgIpc) is 3.18. The minimum atomic E-state index is -3.87. The largest absolute Gasteiger partial charge is 0.475 e. The molecule has 1 aromatic rings. The molecule has 0 radical (unpaired) electrons. The van der Waals surface area contributed by atoms with Crippen LogP contribution in [0, 0.1) is 5.41 Å². The third-order valence-electron chi connectivity index (χ3n) is 5.31. The Morgan fingerprint density at radius 1 is 1.43 bits per heavy atom. The molecule has 3 heterocycles. The first-order valence-electron chi connectivity index (χ1n) is 9.58. The number of H-pyrrole nitrogens is 1. The van der Waals surface area contributed by atoms with Crippen molar-refractivity contribution in [3.05, 3.63) is 33.1 Å². The smallest absolute Gasteiger partial charge is 0.463 e. The summed E-state index contributed by atoms with van der Waals surface area (Å²) in [4.78, 5) is 36.8. The zero-order valence-corrected chi connectivity index (χ0v) is 17.3. The Labute approximate surface area is 170 Å². The molecule has 1 spiro atoms. The third kappa shape index (κ3) is 3.68. The summed E-state index contributed by atoms with van der Waals surface area (Å²) < 4.78 is 40.4. The van der Waals surface area contributed by atoms with Crippen LogP contribution >= 0.6 is 7.82 Å². The number of carbonyl (C=O) groups is 1. The van der Waals surface area contributed by atoms with E-state index in [1.165, 1.54) is 6.20 Å². The van der Waals surface area contributed by atoms with Gasteiger partial charge in [-0.25, -0.2) is 9.36 Å². The number of aliphatic hydroxyl groups excluding tert-OH is 1. The minimum absolute atomic E-state index is 0.0341. The lowest BCUT2D eigenvalue weighted by atomic mass is 9.99. The van der Waals surface area contributed by atoms with Crippen molar-refractivity contribution in [2.75, 3.05) is 13.2 Å². The van der Waals surface area contributed by atoms with Crippen LogP contribution in [0.15, 0.2) is 21.9 Å². The van der Waals surface area contributed by atoms with Crippen LogP contribution in [-0.4, -0.2) is 58.3 Å². The maximum absolute atomic E-state index is 12.7. The number of fused-ring (bicyclic) bond motifs is 1. The van der Waals surface area contributed by atoms with Gasteiger partial charge in [0.05, 0.1) is 24.7 Å². The number of carbonyl (C=O) groups excluding carboxylic acids is 1. The van der Waals surface area contributed by atoms with Gasteiger partial charge in [0.1, 0.15) is 18.3 Å². The van der Waals surface area contributed by atoms with Gasteiger partial charge in [0, 0.05) is 18.7 Å². The number of aromatic nitrogens is 2. The number of rotatable bonds is 7. The Morgan fingerprint density at radius 2 is 2.20 bits per heavy atom. The molecule has 166 valence electrons. The second kappa shape index (κ2) is 7.70. The maximum Gasteiger partial charge on any atom is 0.475 e. The fraction of sp³-hybridized carbons (Fsp3) is 0.706. The quantitative estimate of drug-likeness (QED) is 0.334. The van der Waals surface area contributed by atoms with Crippen molar-refractivity contribution in [1.82, 2.24) is 9.55 Å². The standard InChI is InChI=1S/C17H23N2O10P/c1-9(2)27-11(21)4-3-7-25-30(24)26-8-17-12(22)15(28-13(17)14(17)29-30)19-6-5-10(20)18-16(19)23/h5-6,9,12-15,22H,3-4,7-8H2,1-2H3,(H,18,20,23)/t12-,13+,14?,15+,17+,30+/m0/s1. The Balaban J connectivity index is 1.32. The minimum Gasteiger partial charge on any atom is -0.463 e. The predicted molar refractivity (Wildman–Crippen MR) is 98.5 cm³/mol. The number of aliphatic hydroxyl groups is 1. The first kappa shape index (κ1) is 21.4. The number of esters is 1. The molecule has 3 aliphatic rings. The second-order valence-electron chi connectivity index (χ2n) is 7.74. The summed E-state index contributed by atoms with van der Waals surface area (Å²) in [5, 5.41) is 10.7. The average molecular weight is 446 g/mol. The molecule has 1 saturated carbocycles. The Bertz CT molecular complexity index is 989. The Hall–Kier alpha value is -1.82. The van der Waals surface area contributed by atoms with Crippen LogP contribution in [0.25, 0.3) is 0 Å². The molecule has 13 heteroatoms. The van der Waals surface area contributed by atoms with Crippen LogP contribution in [0.3, 0.4) is 0 Å². The number of phosphoric acid groups is 1. The van der Waals surface area contributed by atoms with E-state index in [9.17, 15) is 24.1 Å². The number of nitrogens with one attached hydrogen (secondary N) is 1. The van der Waals surface area contributed by atoms with E-state index in [-0.39, 0.29) is 38.1 Å². The lowest BCUT2D eigenvalue weighted by Gasteiger charge is -2.31. The molecule has 2 aliphatic heterocycles. The number of phosphoric ester groups is 1. The van der Waals surface area contributed by atoms with Crippen LogP contribution in [0.2, 0.25) is 0 Å². The number of hydrogen-bond donors (Lipinski definition) is 2. The van der Waals surface area contributed by atoms with Gasteiger partial charge in [-0.05, 0) is 20.3 Å². The molecule has 12 nitrogen and oxygen atoms in total. The van der Waals surface area contributed by atoms with E-state index in [1.807, 2.05) is 0 Å². The second-order valence-corrected chi connectivity index (χ2v) is 9.37. The van der Waals surface area contributed by atoms with Gasteiger partial charge < -0.3 is 14.6 Å². The monoisotopic (exact) mass is 446 g/mol. The van der Waals surface area contributed by atoms with Crippen LogP contribution in [0.5, 0.6) is 0 Å². The number of aromatic amines is 1. The fourth-order valence-electron chi connectivity index (χ4n) is 3.80. The topological polar surface area (TPSA) is 155 Å². The van der Waals surface area contributed by atoms with Crippen molar-refractivity contribution >= 4 is 13.8 Å². The normalized spacial score (nSPS) is 36.9. The zero-order valence-electron chi connectivity index (χ0n) is 16.4. The molecule has 2 N–H and O–H groups in total. The molecule has 30 heavy (non-hydrogen) atoms. The summed E-state index contributed by atoms with van der Waals surface area (Å²) in [6, 6.07) is 1.14. The molecule has 6 atom stereocenters. The van der Waals surface area contributed by atoms with Crippen molar-refractivity contribution in [2.24, 2.45) is 5.41 Å². The molecule has 1 unspecified atom stereocenters. The molecular formula is C17H23N2O10P. The molecule has 1 aliphatic carbocycles. The highest BCUT2D eigenvalue weighted by molar-refractivity contribution is 7.48. The number of nitrogens with zero attached hydrogens (tertiary/aromatic N) is 1. The van der Waals surface area contributed by atoms with Crippen LogP contribution in [0.1, 0.15) is 32.9 Å². The van der Waals surface area contributed by atoms with Gasteiger partial charge in [0.2, 0.25) is 0 Å². The van der Waals surface area contributed by atoms with Gasteiger partial charge in [-0.15, -0.1) is 0 Å². The Kier molecular flexibility index (Phi) is 5.50. The van der Waals surface area contributed by atoms with E-state index in [0.29, 0.717) is 0 Å². The van der Waals surface area contributed by atoms with E-state index in [2.05, 4.69) is 4.98 Å². The van der Waals surface area contributed by atoms with Gasteiger partial charge in [-0.3, -0.25) is 32.7 Å². The molecule has 2 saturated heterocycles. The fourth-order valence-corrected chi connectivity index (χ4v) is 5.32. The Morgan fingerprint density at radius 3 is 2.90 bits per heavy atom. The van der Waals surface area contributed by atoms with E-state index >= 15 is 0 Å². The van der Waals surface area contributed by atoms with Gasteiger partial charge in [0.15, 0.2) is 6.23 Å². The summed E-state index contributed by atoms with van der Waals surface area (Å²) in [6.45, 7) is 3.30. The highest BCUT2D eigenvalue weighted by atomic mass is 31.2.